The van der Waals surface area contributed by atoms with Crippen LogP contribution in [0.3, 0.4) is 0 Å². The number of hydrogen-bond donors (Lipinski definition) is 2. The van der Waals surface area contributed by atoms with Crippen LogP contribution in [0.5, 0.6) is 0 Å². The number of nitro benzene ring substituents is 1. The maximum absolute atomic E-state index is 12.2. The van der Waals surface area contributed by atoms with Crippen LogP contribution >= 0.6 is 11.6 Å². The van der Waals surface area contributed by atoms with E-state index in [2.05, 4.69) is 10.6 Å². The molecule has 1 aromatic carbocycles. The zero-order valence-corrected chi connectivity index (χ0v) is 14.2. The summed E-state index contributed by atoms with van der Waals surface area (Å²) in [6, 6.07) is 3.35. The Kier molecular flexibility index (Phi) is 5.10. The average molecular weight is 356 g/mol. The number of carbonyl (C=O) groups excluding carboxylic acids is 2. The van der Waals surface area contributed by atoms with Gasteiger partial charge in [0, 0.05) is 6.07 Å². The number of ether oxygens (including phenoxy) is 1. The Morgan fingerprint density at radius 3 is 2.67 bits per heavy atom. The summed E-state index contributed by atoms with van der Waals surface area (Å²) in [7, 11) is 0. The van der Waals surface area contributed by atoms with E-state index in [9.17, 15) is 19.7 Å². The molecule has 0 radical (unpaired) electrons. The Morgan fingerprint density at radius 1 is 1.42 bits per heavy atom. The van der Waals surface area contributed by atoms with Gasteiger partial charge in [-0.1, -0.05) is 17.7 Å². The smallest absolute Gasteiger partial charge is 0.324 e. The van der Waals surface area contributed by atoms with Gasteiger partial charge in [0.25, 0.3) is 5.69 Å². The van der Waals surface area contributed by atoms with Gasteiger partial charge in [0.05, 0.1) is 11.3 Å². The van der Waals surface area contributed by atoms with Gasteiger partial charge in [0.1, 0.15) is 22.8 Å². The zero-order valence-electron chi connectivity index (χ0n) is 13.5. The van der Waals surface area contributed by atoms with Gasteiger partial charge in [-0.3, -0.25) is 25.0 Å². The van der Waals surface area contributed by atoms with Gasteiger partial charge in [-0.25, -0.2) is 0 Å². The summed E-state index contributed by atoms with van der Waals surface area (Å²) in [6.07, 6.45) is -0.819. The molecule has 0 bridgehead atoms. The Morgan fingerprint density at radius 2 is 2.08 bits per heavy atom. The van der Waals surface area contributed by atoms with Crippen molar-refractivity contribution in [2.75, 3.05) is 0 Å². The molecule has 8 nitrogen and oxygen atoms in total. The standard InChI is InChI=1S/C15H18ClN3O5/c1-15(2,3)24-14(21)10-7-12(20)18-13(17-10)8-4-5-9(16)11(6-8)19(22)23/h4-6,10,13,17H,7H2,1-3H3,(H,18,20)/t10-,13?/m0/s1. The van der Waals surface area contributed by atoms with Crippen LogP contribution in [0.15, 0.2) is 18.2 Å². The number of nitrogens with one attached hydrogen (secondary N) is 2. The molecule has 0 saturated carbocycles. The number of rotatable bonds is 3. The largest absolute Gasteiger partial charge is 0.459 e. The number of amides is 1. The summed E-state index contributed by atoms with van der Waals surface area (Å²) in [5.74, 6) is -0.905. The minimum absolute atomic E-state index is 0.00502. The van der Waals surface area contributed by atoms with E-state index in [-0.39, 0.29) is 23.0 Å². The molecule has 1 aliphatic heterocycles. The topological polar surface area (TPSA) is 111 Å². The number of hydrogen-bond acceptors (Lipinski definition) is 6. The van der Waals surface area contributed by atoms with Crippen molar-refractivity contribution in [3.05, 3.63) is 38.9 Å². The van der Waals surface area contributed by atoms with Crippen molar-refractivity contribution in [1.82, 2.24) is 10.6 Å². The molecule has 1 fully saturated rings. The summed E-state index contributed by atoms with van der Waals surface area (Å²) in [5, 5.41) is 16.6. The summed E-state index contributed by atoms with van der Waals surface area (Å²) in [6.45, 7) is 5.19. The van der Waals surface area contributed by atoms with E-state index < -0.39 is 28.7 Å². The highest BCUT2D eigenvalue weighted by Crippen LogP contribution is 2.28. The molecule has 1 unspecified atom stereocenters. The summed E-state index contributed by atoms with van der Waals surface area (Å²) >= 11 is 5.79. The molecule has 9 heteroatoms. The van der Waals surface area contributed by atoms with Crippen molar-refractivity contribution in [2.24, 2.45) is 0 Å². The number of nitro groups is 1. The first-order chi connectivity index (χ1) is 11.1. The van der Waals surface area contributed by atoms with Crippen molar-refractivity contribution in [1.29, 1.82) is 0 Å². The maximum atomic E-state index is 12.2. The Bertz CT molecular complexity index is 686. The van der Waals surface area contributed by atoms with Crippen LogP contribution in [0.2, 0.25) is 5.02 Å². The zero-order chi connectivity index (χ0) is 18.1. The molecule has 2 atom stereocenters. The van der Waals surface area contributed by atoms with Crippen molar-refractivity contribution in [2.45, 2.75) is 45.0 Å². The third kappa shape index (κ3) is 4.42. The average Bonchev–Trinajstić information content (AvgIpc) is 2.45. The molecule has 1 aliphatic rings. The molecule has 130 valence electrons. The molecule has 1 heterocycles. The van der Waals surface area contributed by atoms with E-state index in [0.29, 0.717) is 5.56 Å². The van der Waals surface area contributed by atoms with Crippen LogP contribution in [0.1, 0.15) is 38.9 Å². The Labute approximate surface area is 143 Å². The predicted molar refractivity (Wildman–Crippen MR) is 86.4 cm³/mol. The van der Waals surface area contributed by atoms with Crippen LogP contribution in [0.25, 0.3) is 0 Å². The van der Waals surface area contributed by atoms with Gasteiger partial charge < -0.3 is 10.1 Å². The number of carbonyl (C=O) groups is 2. The second-order valence-electron chi connectivity index (χ2n) is 6.43. The highest BCUT2D eigenvalue weighted by molar-refractivity contribution is 6.32. The highest BCUT2D eigenvalue weighted by atomic mass is 35.5. The third-order valence-electron chi connectivity index (χ3n) is 3.25. The van der Waals surface area contributed by atoms with E-state index in [1.165, 1.54) is 12.1 Å². The number of halogens is 1. The molecule has 2 N–H and O–H groups in total. The van der Waals surface area contributed by atoms with Gasteiger partial charge in [-0.15, -0.1) is 0 Å². The van der Waals surface area contributed by atoms with Gasteiger partial charge in [-0.05, 0) is 32.4 Å². The van der Waals surface area contributed by atoms with Crippen molar-refractivity contribution >= 4 is 29.2 Å². The molecule has 0 aromatic heterocycles. The van der Waals surface area contributed by atoms with E-state index >= 15 is 0 Å². The number of benzene rings is 1. The Hall–Kier alpha value is -2.19. The maximum Gasteiger partial charge on any atom is 0.324 e. The molecule has 1 amide bonds. The molecule has 1 aromatic rings. The summed E-state index contributed by atoms with van der Waals surface area (Å²) in [5.41, 5.74) is -0.529. The minimum Gasteiger partial charge on any atom is -0.459 e. The third-order valence-corrected chi connectivity index (χ3v) is 3.57. The second-order valence-corrected chi connectivity index (χ2v) is 6.83. The van der Waals surface area contributed by atoms with Gasteiger partial charge in [0.2, 0.25) is 5.91 Å². The molecule has 24 heavy (non-hydrogen) atoms. The van der Waals surface area contributed by atoms with Gasteiger partial charge in [-0.2, -0.15) is 0 Å². The van der Waals surface area contributed by atoms with Gasteiger partial charge in [0.15, 0.2) is 0 Å². The number of nitrogens with zero attached hydrogens (tertiary/aromatic N) is 1. The van der Waals surface area contributed by atoms with Crippen LogP contribution in [-0.4, -0.2) is 28.4 Å². The molecule has 2 rings (SSSR count). The number of esters is 1. The van der Waals surface area contributed by atoms with Crippen molar-refractivity contribution in [3.8, 4) is 0 Å². The molecular formula is C15H18ClN3O5. The lowest BCUT2D eigenvalue weighted by molar-refractivity contribution is -0.384. The fraction of sp³-hybridized carbons (Fsp3) is 0.467. The molecular weight excluding hydrogens is 338 g/mol. The lowest BCUT2D eigenvalue weighted by Gasteiger charge is -2.32. The van der Waals surface area contributed by atoms with Crippen LogP contribution in [-0.2, 0) is 14.3 Å². The van der Waals surface area contributed by atoms with Crippen molar-refractivity contribution in [3.63, 3.8) is 0 Å². The minimum atomic E-state index is -0.835. The van der Waals surface area contributed by atoms with Crippen LogP contribution < -0.4 is 10.6 Å². The first kappa shape index (κ1) is 18.2. The first-order valence-corrected chi connectivity index (χ1v) is 7.67. The molecule has 0 spiro atoms. The summed E-state index contributed by atoms with van der Waals surface area (Å²) in [4.78, 5) is 34.4. The van der Waals surface area contributed by atoms with E-state index in [0.717, 1.165) is 0 Å². The highest BCUT2D eigenvalue weighted by Gasteiger charge is 2.34. The summed E-state index contributed by atoms with van der Waals surface area (Å²) < 4.78 is 5.28. The molecule has 1 saturated heterocycles. The predicted octanol–water partition coefficient (Wildman–Crippen LogP) is 2.07. The first-order valence-electron chi connectivity index (χ1n) is 7.29. The fourth-order valence-electron chi connectivity index (χ4n) is 2.26. The lowest BCUT2D eigenvalue weighted by Crippen LogP contribution is -2.54. The van der Waals surface area contributed by atoms with Crippen LogP contribution in [0.4, 0.5) is 5.69 Å². The van der Waals surface area contributed by atoms with E-state index in [4.69, 9.17) is 16.3 Å². The van der Waals surface area contributed by atoms with Crippen LogP contribution in [0, 0.1) is 10.1 Å². The lowest BCUT2D eigenvalue weighted by atomic mass is 10.0. The van der Waals surface area contributed by atoms with E-state index in [1.807, 2.05) is 0 Å². The second kappa shape index (κ2) is 6.74. The fourth-order valence-corrected chi connectivity index (χ4v) is 2.45. The quantitative estimate of drug-likeness (QED) is 0.488. The Balaban J connectivity index is 2.22. The normalized spacial score (nSPS) is 21.1. The van der Waals surface area contributed by atoms with Crippen molar-refractivity contribution < 1.29 is 19.2 Å². The van der Waals surface area contributed by atoms with Gasteiger partial charge >= 0.3 is 5.97 Å². The SMILES string of the molecule is CC(C)(C)OC(=O)[C@@H]1CC(=O)NC(c2ccc(Cl)c([N+](=O)[O-])c2)N1. The van der Waals surface area contributed by atoms with E-state index in [1.54, 1.807) is 26.8 Å². The monoisotopic (exact) mass is 355 g/mol. The molecule has 0 aliphatic carbocycles.